The highest BCUT2D eigenvalue weighted by molar-refractivity contribution is 9.10. The van der Waals surface area contributed by atoms with Gasteiger partial charge in [0, 0.05) is 25.2 Å². The van der Waals surface area contributed by atoms with E-state index >= 15 is 0 Å². The molecule has 2 fully saturated rings. The van der Waals surface area contributed by atoms with Gasteiger partial charge >= 0.3 is 0 Å². The van der Waals surface area contributed by atoms with Crippen molar-refractivity contribution in [2.75, 3.05) is 13.1 Å². The number of likely N-dealkylation sites (tertiary alicyclic amines) is 1. The van der Waals surface area contributed by atoms with E-state index in [0.29, 0.717) is 22.4 Å². The number of amides is 1. The Kier molecular flexibility index (Phi) is 2.07. The Morgan fingerprint density at radius 3 is 3.13 bits per heavy atom. The van der Waals surface area contributed by atoms with Crippen molar-refractivity contribution < 1.29 is 9.32 Å². The van der Waals surface area contributed by atoms with Crippen LogP contribution in [0.2, 0.25) is 0 Å². The SMILES string of the molecule is O=C(c1cc(Br)no1)N1CCC2NCC21. The quantitative estimate of drug-likeness (QED) is 0.814. The minimum atomic E-state index is -0.0535. The summed E-state index contributed by atoms with van der Waals surface area (Å²) in [5.74, 6) is 0.261. The zero-order valence-electron chi connectivity index (χ0n) is 7.94. The van der Waals surface area contributed by atoms with Crippen molar-refractivity contribution in [2.24, 2.45) is 0 Å². The summed E-state index contributed by atoms with van der Waals surface area (Å²) in [6.07, 6.45) is 1.03. The number of fused-ring (bicyclic) bond motifs is 1. The van der Waals surface area contributed by atoms with Gasteiger partial charge in [-0.2, -0.15) is 0 Å². The van der Waals surface area contributed by atoms with Crippen LogP contribution in [0.3, 0.4) is 0 Å². The standard InChI is InChI=1S/C9H10BrN3O2/c10-8-3-7(15-12-8)9(14)13-2-1-5-6(13)4-11-5/h3,5-6,11H,1-2,4H2. The second-order valence-electron chi connectivity index (χ2n) is 3.88. The molecule has 3 rings (SSSR count). The summed E-state index contributed by atoms with van der Waals surface area (Å²) in [5.41, 5.74) is 0. The fraction of sp³-hybridized carbons (Fsp3) is 0.556. The Morgan fingerprint density at radius 2 is 2.60 bits per heavy atom. The molecule has 5 nitrogen and oxygen atoms in total. The molecule has 1 amide bonds. The van der Waals surface area contributed by atoms with Gasteiger partial charge in [0.15, 0.2) is 0 Å². The third-order valence-electron chi connectivity index (χ3n) is 3.09. The van der Waals surface area contributed by atoms with Crippen LogP contribution in [-0.2, 0) is 0 Å². The number of aromatic nitrogens is 1. The predicted octanol–water partition coefficient (Wildman–Crippen LogP) is 0.623. The van der Waals surface area contributed by atoms with Crippen LogP contribution in [0.25, 0.3) is 0 Å². The molecule has 0 aromatic carbocycles. The number of rotatable bonds is 1. The summed E-state index contributed by atoms with van der Waals surface area (Å²) in [7, 11) is 0. The van der Waals surface area contributed by atoms with Crippen LogP contribution in [0, 0.1) is 0 Å². The van der Waals surface area contributed by atoms with E-state index in [2.05, 4.69) is 26.4 Å². The summed E-state index contributed by atoms with van der Waals surface area (Å²) < 4.78 is 5.50. The maximum absolute atomic E-state index is 12.0. The van der Waals surface area contributed by atoms with E-state index in [-0.39, 0.29) is 5.91 Å². The van der Waals surface area contributed by atoms with E-state index in [1.165, 1.54) is 0 Å². The van der Waals surface area contributed by atoms with Gasteiger partial charge in [-0.3, -0.25) is 4.79 Å². The van der Waals surface area contributed by atoms with Crippen molar-refractivity contribution in [2.45, 2.75) is 18.5 Å². The summed E-state index contributed by atoms with van der Waals surface area (Å²) in [4.78, 5) is 13.9. The van der Waals surface area contributed by atoms with Crippen molar-refractivity contribution in [3.63, 3.8) is 0 Å². The molecule has 3 heterocycles. The van der Waals surface area contributed by atoms with Gasteiger partial charge in [-0.1, -0.05) is 5.16 Å². The number of halogens is 1. The lowest BCUT2D eigenvalue weighted by Gasteiger charge is -2.36. The van der Waals surface area contributed by atoms with E-state index < -0.39 is 0 Å². The Balaban J connectivity index is 1.80. The van der Waals surface area contributed by atoms with Gasteiger partial charge < -0.3 is 14.7 Å². The molecule has 80 valence electrons. The first-order valence-electron chi connectivity index (χ1n) is 4.92. The lowest BCUT2D eigenvalue weighted by Crippen LogP contribution is -2.60. The zero-order chi connectivity index (χ0) is 10.4. The fourth-order valence-electron chi connectivity index (χ4n) is 2.20. The number of carbonyl (C=O) groups excluding carboxylic acids is 1. The van der Waals surface area contributed by atoms with E-state index in [0.717, 1.165) is 19.5 Å². The number of carbonyl (C=O) groups is 1. The first kappa shape index (κ1) is 9.35. The third kappa shape index (κ3) is 1.39. The van der Waals surface area contributed by atoms with E-state index in [1.807, 2.05) is 4.90 Å². The molecule has 0 saturated carbocycles. The van der Waals surface area contributed by atoms with Crippen LogP contribution in [0.1, 0.15) is 17.0 Å². The highest BCUT2D eigenvalue weighted by Gasteiger charge is 2.43. The molecular formula is C9H10BrN3O2. The summed E-state index contributed by atoms with van der Waals surface area (Å²) in [6.45, 7) is 1.70. The molecule has 15 heavy (non-hydrogen) atoms. The molecule has 2 aliphatic rings. The van der Waals surface area contributed by atoms with Crippen molar-refractivity contribution in [3.8, 4) is 0 Å². The average molecular weight is 272 g/mol. The van der Waals surface area contributed by atoms with Gasteiger partial charge in [0.25, 0.3) is 5.91 Å². The van der Waals surface area contributed by atoms with Crippen LogP contribution < -0.4 is 5.32 Å². The molecule has 2 saturated heterocycles. The first-order chi connectivity index (χ1) is 7.25. The highest BCUT2D eigenvalue weighted by Crippen LogP contribution is 2.26. The molecule has 6 heteroatoms. The smallest absolute Gasteiger partial charge is 0.292 e. The average Bonchev–Trinajstić information content (AvgIpc) is 2.70. The normalized spacial score (nSPS) is 28.7. The monoisotopic (exact) mass is 271 g/mol. The van der Waals surface area contributed by atoms with Gasteiger partial charge in [-0.05, 0) is 22.4 Å². The Hall–Kier alpha value is -0.880. The highest BCUT2D eigenvalue weighted by atomic mass is 79.9. The second kappa shape index (κ2) is 3.31. The van der Waals surface area contributed by atoms with Crippen molar-refractivity contribution in [1.82, 2.24) is 15.4 Å². The first-order valence-corrected chi connectivity index (χ1v) is 5.71. The minimum absolute atomic E-state index is 0.0535. The second-order valence-corrected chi connectivity index (χ2v) is 4.70. The number of nitrogens with zero attached hydrogens (tertiary/aromatic N) is 2. The van der Waals surface area contributed by atoms with Gasteiger partial charge in [0.1, 0.15) is 4.60 Å². The van der Waals surface area contributed by atoms with Crippen LogP contribution in [0.15, 0.2) is 15.2 Å². The van der Waals surface area contributed by atoms with E-state index in [9.17, 15) is 4.79 Å². The van der Waals surface area contributed by atoms with Gasteiger partial charge in [-0.15, -0.1) is 0 Å². The molecule has 0 radical (unpaired) electrons. The molecule has 0 aliphatic carbocycles. The molecule has 1 N–H and O–H groups in total. The number of nitrogens with one attached hydrogen (secondary N) is 1. The summed E-state index contributed by atoms with van der Waals surface area (Å²) in [5, 5.41) is 6.95. The summed E-state index contributed by atoms with van der Waals surface area (Å²) >= 11 is 3.16. The minimum Gasteiger partial charge on any atom is -0.350 e. The maximum Gasteiger partial charge on any atom is 0.292 e. The molecule has 2 atom stereocenters. The van der Waals surface area contributed by atoms with Crippen LogP contribution in [0.5, 0.6) is 0 Å². The van der Waals surface area contributed by atoms with Crippen molar-refractivity contribution >= 4 is 21.8 Å². The molecule has 2 unspecified atom stereocenters. The van der Waals surface area contributed by atoms with Crippen molar-refractivity contribution in [3.05, 3.63) is 16.4 Å². The van der Waals surface area contributed by atoms with Gasteiger partial charge in [0.05, 0.1) is 6.04 Å². The molecule has 0 spiro atoms. The zero-order valence-corrected chi connectivity index (χ0v) is 9.53. The van der Waals surface area contributed by atoms with Crippen LogP contribution in [0.4, 0.5) is 0 Å². The topological polar surface area (TPSA) is 58.4 Å². The fourth-order valence-corrected chi connectivity index (χ4v) is 2.48. The largest absolute Gasteiger partial charge is 0.350 e. The number of hydrogen-bond acceptors (Lipinski definition) is 4. The predicted molar refractivity (Wildman–Crippen MR) is 55.4 cm³/mol. The van der Waals surface area contributed by atoms with Gasteiger partial charge in [0.2, 0.25) is 5.76 Å². The van der Waals surface area contributed by atoms with Gasteiger partial charge in [-0.25, -0.2) is 0 Å². The lowest BCUT2D eigenvalue weighted by molar-refractivity contribution is 0.0637. The molecule has 1 aromatic rings. The van der Waals surface area contributed by atoms with E-state index in [1.54, 1.807) is 6.07 Å². The van der Waals surface area contributed by atoms with E-state index in [4.69, 9.17) is 4.52 Å². The Bertz CT molecular complexity index is 406. The molecule has 0 bridgehead atoms. The van der Waals surface area contributed by atoms with Crippen LogP contribution in [-0.4, -0.2) is 41.1 Å². The molecular weight excluding hydrogens is 262 g/mol. The third-order valence-corrected chi connectivity index (χ3v) is 3.46. The maximum atomic E-state index is 12.0. The summed E-state index contributed by atoms with van der Waals surface area (Å²) in [6, 6.07) is 2.45. The Labute approximate surface area is 94.9 Å². The Morgan fingerprint density at radius 1 is 1.73 bits per heavy atom. The van der Waals surface area contributed by atoms with Crippen LogP contribution >= 0.6 is 15.9 Å². The molecule has 1 aromatic heterocycles. The lowest BCUT2D eigenvalue weighted by atomic mass is 10.0. The number of hydrogen-bond donors (Lipinski definition) is 1. The molecule has 2 aliphatic heterocycles. The van der Waals surface area contributed by atoms with Crippen molar-refractivity contribution in [1.29, 1.82) is 0 Å².